The topological polar surface area (TPSA) is 93.2 Å². The maximum Gasteiger partial charge on any atom is 0.246 e. The van der Waals surface area contributed by atoms with E-state index in [1.54, 1.807) is 24.0 Å². The van der Waals surface area contributed by atoms with Crippen LogP contribution in [0.25, 0.3) is 11.1 Å². The van der Waals surface area contributed by atoms with Gasteiger partial charge in [-0.15, -0.1) is 0 Å². The van der Waals surface area contributed by atoms with Gasteiger partial charge >= 0.3 is 0 Å². The quantitative estimate of drug-likeness (QED) is 0.820. The molecule has 1 aromatic heterocycles. The van der Waals surface area contributed by atoms with E-state index in [0.29, 0.717) is 11.5 Å². The van der Waals surface area contributed by atoms with E-state index in [-0.39, 0.29) is 24.9 Å². The number of nitrogens with zero attached hydrogens (tertiary/aromatic N) is 3. The molecule has 2 heterocycles. The zero-order chi connectivity index (χ0) is 15.0. The number of nitrogens with two attached hydrogens (primary N) is 1. The van der Waals surface area contributed by atoms with Crippen molar-refractivity contribution in [2.45, 2.75) is 0 Å². The summed E-state index contributed by atoms with van der Waals surface area (Å²) in [5.74, 6) is 0.252. The minimum absolute atomic E-state index is 0.0259. The van der Waals surface area contributed by atoms with E-state index in [0.717, 1.165) is 11.1 Å². The molecule has 7 nitrogen and oxygen atoms in total. The van der Waals surface area contributed by atoms with Gasteiger partial charge in [0.25, 0.3) is 0 Å². The average molecular weight is 285 g/mol. The van der Waals surface area contributed by atoms with E-state index >= 15 is 0 Å². The number of rotatable bonds is 2. The normalized spacial score (nSPS) is 15.2. The van der Waals surface area contributed by atoms with Crippen molar-refractivity contribution in [3.63, 3.8) is 0 Å². The van der Waals surface area contributed by atoms with Gasteiger partial charge in [0.05, 0.1) is 12.7 Å². The molecule has 0 atom stereocenters. The molecule has 0 unspecified atom stereocenters. The number of amides is 2. The van der Waals surface area contributed by atoms with Crippen molar-refractivity contribution in [3.05, 3.63) is 30.5 Å². The predicted molar refractivity (Wildman–Crippen MR) is 78.4 cm³/mol. The van der Waals surface area contributed by atoms with Crippen molar-refractivity contribution in [1.29, 1.82) is 0 Å². The van der Waals surface area contributed by atoms with Crippen LogP contribution in [0, 0.1) is 0 Å². The zero-order valence-corrected chi connectivity index (χ0v) is 11.5. The Labute approximate surface area is 121 Å². The second-order valence-electron chi connectivity index (χ2n) is 4.87. The molecule has 1 fully saturated rings. The minimum atomic E-state index is -0.166. The summed E-state index contributed by atoms with van der Waals surface area (Å²) in [7, 11) is 1.77. The third-order valence-corrected chi connectivity index (χ3v) is 3.49. The van der Waals surface area contributed by atoms with Gasteiger partial charge in [-0.05, 0) is 17.7 Å². The fourth-order valence-electron chi connectivity index (χ4n) is 2.30. The highest BCUT2D eigenvalue weighted by molar-refractivity contribution is 6.04. The monoisotopic (exact) mass is 285 g/mol. The van der Waals surface area contributed by atoms with E-state index in [1.807, 2.05) is 18.2 Å². The number of carbonyl (C=O) groups is 2. The maximum absolute atomic E-state index is 11.9. The Morgan fingerprint density at radius 3 is 2.86 bits per heavy atom. The summed E-state index contributed by atoms with van der Waals surface area (Å²) in [6.07, 6.45) is 1.68. The Kier molecular flexibility index (Phi) is 3.09. The second kappa shape index (κ2) is 4.93. The van der Waals surface area contributed by atoms with Gasteiger partial charge in [-0.2, -0.15) is 5.10 Å². The van der Waals surface area contributed by atoms with E-state index in [9.17, 15) is 9.59 Å². The van der Waals surface area contributed by atoms with Gasteiger partial charge in [-0.1, -0.05) is 12.1 Å². The summed E-state index contributed by atoms with van der Waals surface area (Å²) in [6.45, 7) is 0.0584. The number of aromatic nitrogens is 2. The standard InChI is InChI=1S/C14H15N5O2/c1-18-14(15)11(6-17-18)9-3-2-4-10(5-9)19-8-12(20)16-7-13(19)21/h2-6H,7-8,15H2,1H3,(H,16,20). The van der Waals surface area contributed by atoms with Crippen LogP contribution < -0.4 is 16.0 Å². The molecule has 21 heavy (non-hydrogen) atoms. The number of benzene rings is 1. The van der Waals surface area contributed by atoms with Crippen molar-refractivity contribution in [1.82, 2.24) is 15.1 Å². The van der Waals surface area contributed by atoms with Gasteiger partial charge in [0.1, 0.15) is 12.4 Å². The number of carbonyl (C=O) groups excluding carboxylic acids is 2. The Bertz CT molecular complexity index is 722. The Morgan fingerprint density at radius 2 is 2.14 bits per heavy atom. The lowest BCUT2D eigenvalue weighted by Gasteiger charge is -2.27. The first-order chi connectivity index (χ1) is 10.1. The summed E-state index contributed by atoms with van der Waals surface area (Å²) >= 11 is 0. The third-order valence-electron chi connectivity index (χ3n) is 3.49. The number of anilines is 2. The maximum atomic E-state index is 11.9. The Hall–Kier alpha value is -2.83. The molecule has 2 aromatic rings. The molecule has 7 heteroatoms. The lowest BCUT2D eigenvalue weighted by Crippen LogP contribution is -2.51. The lowest BCUT2D eigenvalue weighted by atomic mass is 10.1. The number of hydrogen-bond acceptors (Lipinski definition) is 4. The van der Waals surface area contributed by atoms with Crippen molar-refractivity contribution in [3.8, 4) is 11.1 Å². The van der Waals surface area contributed by atoms with E-state index in [1.165, 1.54) is 4.90 Å². The van der Waals surface area contributed by atoms with Crippen LogP contribution in [0.4, 0.5) is 11.5 Å². The van der Waals surface area contributed by atoms with Gasteiger partial charge in [0.2, 0.25) is 11.8 Å². The summed E-state index contributed by atoms with van der Waals surface area (Å²) in [4.78, 5) is 24.9. The number of nitrogen functional groups attached to an aromatic ring is 1. The molecular weight excluding hydrogens is 270 g/mol. The molecule has 0 saturated carbocycles. The molecule has 1 aliphatic heterocycles. The van der Waals surface area contributed by atoms with Crippen LogP contribution in [0.1, 0.15) is 0 Å². The molecule has 1 saturated heterocycles. The van der Waals surface area contributed by atoms with Gasteiger partial charge in [-0.3, -0.25) is 14.3 Å². The molecule has 1 aromatic carbocycles. The lowest BCUT2D eigenvalue weighted by molar-refractivity contribution is -0.128. The van der Waals surface area contributed by atoms with Crippen molar-refractivity contribution in [2.24, 2.45) is 7.05 Å². The fraction of sp³-hybridized carbons (Fsp3) is 0.214. The highest BCUT2D eigenvalue weighted by atomic mass is 16.2. The Morgan fingerprint density at radius 1 is 1.33 bits per heavy atom. The summed E-state index contributed by atoms with van der Waals surface area (Å²) in [6, 6.07) is 7.36. The van der Waals surface area contributed by atoms with Crippen LogP contribution >= 0.6 is 0 Å². The first kappa shape index (κ1) is 13.2. The van der Waals surface area contributed by atoms with Crippen molar-refractivity contribution < 1.29 is 9.59 Å². The molecule has 0 spiro atoms. The Balaban J connectivity index is 1.98. The molecule has 2 amide bonds. The smallest absolute Gasteiger partial charge is 0.246 e. The number of piperazine rings is 1. The molecule has 3 N–H and O–H groups in total. The summed E-state index contributed by atoms with van der Waals surface area (Å²) < 4.78 is 1.58. The van der Waals surface area contributed by atoms with Crippen LogP contribution in [0.15, 0.2) is 30.5 Å². The molecule has 0 bridgehead atoms. The van der Waals surface area contributed by atoms with Crippen molar-refractivity contribution >= 4 is 23.3 Å². The molecule has 3 rings (SSSR count). The van der Waals surface area contributed by atoms with Crippen LogP contribution in [0.3, 0.4) is 0 Å². The molecule has 1 aliphatic rings. The minimum Gasteiger partial charge on any atom is -0.383 e. The zero-order valence-electron chi connectivity index (χ0n) is 11.5. The van der Waals surface area contributed by atoms with Crippen LogP contribution in [0.5, 0.6) is 0 Å². The molecule has 0 aliphatic carbocycles. The van der Waals surface area contributed by atoms with Gasteiger partial charge in [0.15, 0.2) is 0 Å². The number of aryl methyl sites for hydroxylation is 1. The SMILES string of the molecule is Cn1ncc(-c2cccc(N3CC(=O)NCC3=O)c2)c1N. The first-order valence-electron chi connectivity index (χ1n) is 6.51. The van der Waals surface area contributed by atoms with E-state index in [4.69, 9.17) is 5.73 Å². The van der Waals surface area contributed by atoms with Gasteiger partial charge in [0, 0.05) is 18.3 Å². The predicted octanol–water partition coefficient (Wildman–Crippen LogP) is 0.132. The summed E-state index contributed by atoms with van der Waals surface area (Å²) in [5, 5.41) is 6.64. The van der Waals surface area contributed by atoms with Crippen LogP contribution in [-0.2, 0) is 16.6 Å². The second-order valence-corrected chi connectivity index (χ2v) is 4.87. The average Bonchev–Trinajstić information content (AvgIpc) is 2.82. The van der Waals surface area contributed by atoms with Crippen LogP contribution in [-0.4, -0.2) is 34.7 Å². The van der Waals surface area contributed by atoms with Crippen molar-refractivity contribution in [2.75, 3.05) is 23.7 Å². The highest BCUT2D eigenvalue weighted by Gasteiger charge is 2.24. The molecule has 108 valence electrons. The first-order valence-corrected chi connectivity index (χ1v) is 6.51. The highest BCUT2D eigenvalue weighted by Crippen LogP contribution is 2.28. The van der Waals surface area contributed by atoms with E-state index < -0.39 is 0 Å². The largest absolute Gasteiger partial charge is 0.383 e. The third kappa shape index (κ3) is 2.33. The number of hydrogen-bond donors (Lipinski definition) is 2. The van der Waals surface area contributed by atoms with Gasteiger partial charge < -0.3 is 16.0 Å². The van der Waals surface area contributed by atoms with Gasteiger partial charge in [-0.25, -0.2) is 0 Å². The fourth-order valence-corrected chi connectivity index (χ4v) is 2.30. The summed E-state index contributed by atoms with van der Waals surface area (Å²) in [5.41, 5.74) is 8.30. The molecule has 0 radical (unpaired) electrons. The van der Waals surface area contributed by atoms with E-state index in [2.05, 4.69) is 10.4 Å². The van der Waals surface area contributed by atoms with Crippen LogP contribution in [0.2, 0.25) is 0 Å². The molecular formula is C14H15N5O2. The number of nitrogens with one attached hydrogen (secondary N) is 1.